The zero-order valence-electron chi connectivity index (χ0n) is 11.8. The molecule has 3 rings (SSSR count). The third-order valence-electron chi connectivity index (χ3n) is 3.45. The first-order chi connectivity index (χ1) is 10.9. The number of carbonyl (C=O) groups excluding carboxylic acids is 1. The number of halogens is 1. The minimum absolute atomic E-state index is 0.0711. The summed E-state index contributed by atoms with van der Waals surface area (Å²) in [5, 5.41) is 0.432. The summed E-state index contributed by atoms with van der Waals surface area (Å²) in [6, 6.07) is 12.4. The Bertz CT molecular complexity index is 852. The lowest BCUT2D eigenvalue weighted by Gasteiger charge is -2.34. The van der Waals surface area contributed by atoms with Crippen molar-refractivity contribution in [2.24, 2.45) is 5.73 Å². The summed E-state index contributed by atoms with van der Waals surface area (Å²) in [4.78, 5) is 11.5. The summed E-state index contributed by atoms with van der Waals surface area (Å²) in [6.07, 6.45) is -1.05. The van der Waals surface area contributed by atoms with Crippen LogP contribution in [0.2, 0.25) is 5.02 Å². The van der Waals surface area contributed by atoms with Crippen LogP contribution in [0.3, 0.4) is 0 Å². The number of ether oxygens (including phenoxy) is 1. The third kappa shape index (κ3) is 2.85. The first kappa shape index (κ1) is 15.6. The van der Waals surface area contributed by atoms with E-state index < -0.39 is 22.0 Å². The minimum Gasteiger partial charge on any atom is -0.476 e. The van der Waals surface area contributed by atoms with E-state index in [1.54, 1.807) is 24.3 Å². The van der Waals surface area contributed by atoms with Crippen LogP contribution in [0, 0.1) is 0 Å². The number of primary amides is 1. The highest BCUT2D eigenvalue weighted by molar-refractivity contribution is 7.92. The SMILES string of the molecule is NC(=O)[C@@H]1CN(S(=O)(=O)c2ccc(Cl)cc2)c2ccccc2O1. The number of anilines is 1. The number of benzene rings is 2. The van der Waals surface area contributed by atoms with Gasteiger partial charge in [0.15, 0.2) is 6.10 Å². The van der Waals surface area contributed by atoms with Crippen molar-refractivity contribution in [1.82, 2.24) is 0 Å². The van der Waals surface area contributed by atoms with E-state index in [2.05, 4.69) is 0 Å². The van der Waals surface area contributed by atoms with Gasteiger partial charge in [0.2, 0.25) is 0 Å². The molecule has 2 N–H and O–H groups in total. The van der Waals surface area contributed by atoms with Crippen LogP contribution in [0.1, 0.15) is 0 Å². The number of hydrogen-bond donors (Lipinski definition) is 1. The van der Waals surface area contributed by atoms with Crippen LogP contribution in [0.4, 0.5) is 5.69 Å². The molecule has 1 aliphatic rings. The Labute approximate surface area is 138 Å². The number of carbonyl (C=O) groups is 1. The Balaban J connectivity index is 2.10. The number of hydrogen-bond acceptors (Lipinski definition) is 4. The van der Waals surface area contributed by atoms with Crippen molar-refractivity contribution in [3.8, 4) is 5.75 Å². The van der Waals surface area contributed by atoms with Gasteiger partial charge in [0.1, 0.15) is 5.75 Å². The Kier molecular flexibility index (Phi) is 3.91. The van der Waals surface area contributed by atoms with Gasteiger partial charge >= 0.3 is 0 Å². The molecule has 1 amide bonds. The van der Waals surface area contributed by atoms with E-state index in [0.717, 1.165) is 4.31 Å². The fraction of sp³-hybridized carbons (Fsp3) is 0.133. The predicted octanol–water partition coefficient (Wildman–Crippen LogP) is 1.78. The van der Waals surface area contributed by atoms with Crippen molar-refractivity contribution in [2.45, 2.75) is 11.0 Å². The molecular formula is C15H13ClN2O4S. The molecule has 0 aromatic heterocycles. The van der Waals surface area contributed by atoms with Gasteiger partial charge in [-0.1, -0.05) is 23.7 Å². The minimum atomic E-state index is -3.87. The molecule has 0 radical (unpaired) electrons. The smallest absolute Gasteiger partial charge is 0.264 e. The van der Waals surface area contributed by atoms with E-state index >= 15 is 0 Å². The van der Waals surface area contributed by atoms with Crippen molar-refractivity contribution in [3.05, 3.63) is 53.6 Å². The third-order valence-corrected chi connectivity index (χ3v) is 5.50. The summed E-state index contributed by atoms with van der Waals surface area (Å²) >= 11 is 5.80. The van der Waals surface area contributed by atoms with Crippen LogP contribution in [0.25, 0.3) is 0 Å². The number of amides is 1. The molecule has 0 bridgehead atoms. The monoisotopic (exact) mass is 352 g/mol. The van der Waals surface area contributed by atoms with Crippen molar-refractivity contribution in [2.75, 3.05) is 10.8 Å². The molecule has 6 nitrogen and oxygen atoms in total. The van der Waals surface area contributed by atoms with Gasteiger partial charge in [-0.3, -0.25) is 9.10 Å². The van der Waals surface area contributed by atoms with Gasteiger partial charge in [0.25, 0.3) is 15.9 Å². The van der Waals surface area contributed by atoms with Crippen molar-refractivity contribution < 1.29 is 17.9 Å². The molecular weight excluding hydrogens is 340 g/mol. The highest BCUT2D eigenvalue weighted by Crippen LogP contribution is 2.36. The van der Waals surface area contributed by atoms with Crippen LogP contribution in [0.5, 0.6) is 5.75 Å². The number of sulfonamides is 1. The Hall–Kier alpha value is -2.25. The Morgan fingerprint density at radius 1 is 1.17 bits per heavy atom. The fourth-order valence-corrected chi connectivity index (χ4v) is 3.91. The average molecular weight is 353 g/mol. The highest BCUT2D eigenvalue weighted by atomic mass is 35.5. The van der Waals surface area contributed by atoms with E-state index in [4.69, 9.17) is 22.1 Å². The van der Waals surface area contributed by atoms with Gasteiger partial charge in [-0.05, 0) is 36.4 Å². The molecule has 0 aliphatic carbocycles. The molecule has 2 aromatic rings. The number of fused-ring (bicyclic) bond motifs is 1. The zero-order chi connectivity index (χ0) is 16.6. The average Bonchev–Trinajstić information content (AvgIpc) is 2.54. The van der Waals surface area contributed by atoms with Gasteiger partial charge in [-0.2, -0.15) is 0 Å². The van der Waals surface area contributed by atoms with E-state index in [-0.39, 0.29) is 11.4 Å². The van der Waals surface area contributed by atoms with Gasteiger partial charge in [0, 0.05) is 5.02 Å². The summed E-state index contributed by atoms with van der Waals surface area (Å²) in [5.41, 5.74) is 5.65. The van der Waals surface area contributed by atoms with E-state index in [0.29, 0.717) is 16.5 Å². The molecule has 0 unspecified atom stereocenters. The Morgan fingerprint density at radius 2 is 1.83 bits per heavy atom. The number of para-hydroxylation sites is 2. The number of rotatable bonds is 3. The molecule has 120 valence electrons. The molecule has 1 atom stereocenters. The molecule has 0 saturated heterocycles. The lowest BCUT2D eigenvalue weighted by Crippen LogP contribution is -2.49. The van der Waals surface area contributed by atoms with Crippen molar-refractivity contribution in [1.29, 1.82) is 0 Å². The molecule has 0 spiro atoms. The summed E-state index contributed by atoms with van der Waals surface area (Å²) in [5.74, 6) is -0.434. The second-order valence-corrected chi connectivity index (χ2v) is 7.27. The van der Waals surface area contributed by atoms with Crippen LogP contribution >= 0.6 is 11.6 Å². The van der Waals surface area contributed by atoms with Gasteiger partial charge in [-0.15, -0.1) is 0 Å². The number of nitrogens with two attached hydrogens (primary N) is 1. The maximum absolute atomic E-state index is 12.9. The standard InChI is InChI=1S/C15H13ClN2O4S/c16-10-5-7-11(8-6-10)23(20,21)18-9-14(15(17)19)22-13-4-2-1-3-12(13)18/h1-8,14H,9H2,(H2,17,19)/t14-/m0/s1. The molecule has 0 fully saturated rings. The van der Waals surface area contributed by atoms with Crippen LogP contribution in [0.15, 0.2) is 53.4 Å². The maximum atomic E-state index is 12.9. The van der Waals surface area contributed by atoms with Gasteiger partial charge < -0.3 is 10.5 Å². The predicted molar refractivity (Wildman–Crippen MR) is 86.0 cm³/mol. The maximum Gasteiger partial charge on any atom is 0.264 e. The van der Waals surface area contributed by atoms with Crippen LogP contribution in [-0.4, -0.2) is 27.0 Å². The molecule has 23 heavy (non-hydrogen) atoms. The molecule has 0 saturated carbocycles. The van der Waals surface area contributed by atoms with Crippen LogP contribution < -0.4 is 14.8 Å². The molecule has 8 heteroatoms. The second kappa shape index (κ2) is 5.75. The normalized spacial score (nSPS) is 17.3. The summed E-state index contributed by atoms with van der Waals surface area (Å²) < 4.78 is 32.4. The topological polar surface area (TPSA) is 89.7 Å². The second-order valence-electron chi connectivity index (χ2n) is 4.97. The fourth-order valence-electron chi connectivity index (χ4n) is 2.31. The molecule has 2 aromatic carbocycles. The summed E-state index contributed by atoms with van der Waals surface area (Å²) in [6.45, 7) is -0.183. The first-order valence-corrected chi connectivity index (χ1v) is 8.55. The van der Waals surface area contributed by atoms with Crippen molar-refractivity contribution in [3.63, 3.8) is 0 Å². The van der Waals surface area contributed by atoms with Gasteiger partial charge in [-0.25, -0.2) is 8.42 Å². The lowest BCUT2D eigenvalue weighted by atomic mass is 10.2. The molecule has 1 heterocycles. The lowest BCUT2D eigenvalue weighted by molar-refractivity contribution is -0.124. The zero-order valence-corrected chi connectivity index (χ0v) is 13.4. The van der Waals surface area contributed by atoms with E-state index in [1.165, 1.54) is 24.3 Å². The largest absolute Gasteiger partial charge is 0.476 e. The quantitative estimate of drug-likeness (QED) is 0.911. The van der Waals surface area contributed by atoms with Crippen molar-refractivity contribution >= 4 is 33.2 Å². The number of nitrogens with zero attached hydrogens (tertiary/aromatic N) is 1. The van der Waals surface area contributed by atoms with E-state index in [1.807, 2.05) is 0 Å². The molecule has 1 aliphatic heterocycles. The highest BCUT2D eigenvalue weighted by Gasteiger charge is 2.36. The first-order valence-electron chi connectivity index (χ1n) is 6.73. The van der Waals surface area contributed by atoms with Gasteiger partial charge in [0.05, 0.1) is 17.1 Å². The summed E-state index contributed by atoms with van der Waals surface area (Å²) in [7, 11) is -3.87. The van der Waals surface area contributed by atoms with Crippen LogP contribution in [-0.2, 0) is 14.8 Å². The Morgan fingerprint density at radius 3 is 2.48 bits per heavy atom. The van der Waals surface area contributed by atoms with E-state index in [9.17, 15) is 13.2 Å².